The minimum Gasteiger partial charge on any atom is -0.223 e. The molecular weight excluding hydrogens is 301 g/mol. The molecule has 0 fully saturated rings. The second kappa shape index (κ2) is 5.63. The second-order valence-electron chi connectivity index (χ2n) is 6.31. The summed E-state index contributed by atoms with van der Waals surface area (Å²) >= 11 is 0. The predicted molar refractivity (Wildman–Crippen MR) is 76.9 cm³/mol. The highest BCUT2D eigenvalue weighted by atomic mass is 32.2. The fourth-order valence-electron chi connectivity index (χ4n) is 2.56. The Hall–Kier alpha value is -1.04. The molecule has 2 nitrogen and oxygen atoms in total. The SMILES string of the molecule is CCC(C(C)(C)C)S(=O)(=O)c1ccc(C)cc1C(F)(F)F. The average molecular weight is 322 g/mol. The van der Waals surface area contributed by atoms with Gasteiger partial charge in [-0.15, -0.1) is 0 Å². The molecule has 0 aromatic heterocycles. The molecule has 0 saturated heterocycles. The molecule has 0 aliphatic carbocycles. The van der Waals surface area contributed by atoms with E-state index in [1.807, 2.05) is 0 Å². The third kappa shape index (κ3) is 3.78. The number of hydrogen-bond donors (Lipinski definition) is 0. The van der Waals surface area contributed by atoms with Crippen LogP contribution in [0.2, 0.25) is 0 Å². The monoisotopic (exact) mass is 322 g/mol. The minimum atomic E-state index is -4.69. The Morgan fingerprint density at radius 2 is 1.67 bits per heavy atom. The van der Waals surface area contributed by atoms with Crippen LogP contribution in [-0.2, 0) is 16.0 Å². The highest BCUT2D eigenvalue weighted by Crippen LogP contribution is 2.39. The molecule has 21 heavy (non-hydrogen) atoms. The van der Waals surface area contributed by atoms with Crippen molar-refractivity contribution in [3.05, 3.63) is 29.3 Å². The lowest BCUT2D eigenvalue weighted by molar-refractivity contribution is -0.139. The zero-order valence-corrected chi connectivity index (χ0v) is 13.7. The molecule has 0 aliphatic rings. The van der Waals surface area contributed by atoms with Crippen LogP contribution in [0.1, 0.15) is 45.2 Å². The predicted octanol–water partition coefficient (Wildman–Crippen LogP) is 4.61. The molecule has 6 heteroatoms. The van der Waals surface area contributed by atoms with Gasteiger partial charge >= 0.3 is 6.18 Å². The molecule has 0 saturated carbocycles. The van der Waals surface area contributed by atoms with E-state index in [0.29, 0.717) is 5.56 Å². The molecule has 0 spiro atoms. The largest absolute Gasteiger partial charge is 0.417 e. The van der Waals surface area contributed by atoms with Crippen molar-refractivity contribution < 1.29 is 21.6 Å². The van der Waals surface area contributed by atoms with E-state index >= 15 is 0 Å². The summed E-state index contributed by atoms with van der Waals surface area (Å²) < 4.78 is 64.9. The summed E-state index contributed by atoms with van der Waals surface area (Å²) in [4.78, 5) is -0.623. The van der Waals surface area contributed by atoms with Crippen molar-refractivity contribution in [2.75, 3.05) is 0 Å². The van der Waals surface area contributed by atoms with Gasteiger partial charge in [0.05, 0.1) is 15.7 Å². The van der Waals surface area contributed by atoms with Crippen molar-refractivity contribution in [2.24, 2.45) is 5.41 Å². The first-order chi connectivity index (χ1) is 9.31. The Balaban J connectivity index is 3.60. The van der Waals surface area contributed by atoms with Gasteiger partial charge < -0.3 is 0 Å². The summed E-state index contributed by atoms with van der Waals surface area (Å²) in [5.41, 5.74) is -1.34. The zero-order valence-electron chi connectivity index (χ0n) is 12.9. The Bertz CT molecular complexity index is 611. The van der Waals surface area contributed by atoms with E-state index in [4.69, 9.17) is 0 Å². The van der Waals surface area contributed by atoms with E-state index in [0.717, 1.165) is 12.1 Å². The quantitative estimate of drug-likeness (QED) is 0.814. The van der Waals surface area contributed by atoms with Crippen LogP contribution < -0.4 is 0 Å². The molecule has 1 aromatic carbocycles. The molecule has 0 heterocycles. The Kier molecular flexibility index (Phi) is 4.83. The molecule has 1 unspecified atom stereocenters. The normalized spacial score (nSPS) is 15.0. The van der Waals surface area contributed by atoms with Gasteiger partial charge in [0.15, 0.2) is 9.84 Å². The van der Waals surface area contributed by atoms with Crippen LogP contribution >= 0.6 is 0 Å². The second-order valence-corrected chi connectivity index (χ2v) is 8.40. The molecule has 1 rings (SSSR count). The van der Waals surface area contributed by atoms with Gasteiger partial charge in [0, 0.05) is 0 Å². The van der Waals surface area contributed by atoms with Gasteiger partial charge in [-0.05, 0) is 30.9 Å². The van der Waals surface area contributed by atoms with Crippen LogP contribution in [-0.4, -0.2) is 13.7 Å². The first-order valence-electron chi connectivity index (χ1n) is 6.73. The first kappa shape index (κ1) is 18.0. The molecule has 0 aliphatic heterocycles. The van der Waals surface area contributed by atoms with Gasteiger partial charge in [-0.3, -0.25) is 0 Å². The van der Waals surface area contributed by atoms with Crippen LogP contribution in [0.15, 0.2) is 23.1 Å². The van der Waals surface area contributed by atoms with Gasteiger partial charge in [-0.25, -0.2) is 8.42 Å². The van der Waals surface area contributed by atoms with Gasteiger partial charge in [0.1, 0.15) is 0 Å². The minimum absolute atomic E-state index is 0.261. The number of hydrogen-bond acceptors (Lipinski definition) is 2. The molecule has 0 radical (unpaired) electrons. The van der Waals surface area contributed by atoms with Gasteiger partial charge in [0.2, 0.25) is 0 Å². The highest BCUT2D eigenvalue weighted by Gasteiger charge is 2.42. The zero-order chi connectivity index (χ0) is 16.6. The maximum absolute atomic E-state index is 13.2. The fourth-order valence-corrected chi connectivity index (χ4v) is 4.98. The van der Waals surface area contributed by atoms with E-state index in [2.05, 4.69) is 0 Å². The van der Waals surface area contributed by atoms with Gasteiger partial charge in [0.25, 0.3) is 0 Å². The molecule has 0 amide bonds. The highest BCUT2D eigenvalue weighted by molar-refractivity contribution is 7.92. The smallest absolute Gasteiger partial charge is 0.223 e. The summed E-state index contributed by atoms with van der Waals surface area (Å²) in [5, 5.41) is -0.867. The van der Waals surface area contributed by atoms with Gasteiger partial charge in [-0.2, -0.15) is 13.2 Å². The molecule has 120 valence electrons. The number of rotatable bonds is 3. The number of sulfone groups is 1. The Labute approximate surface area is 124 Å². The fraction of sp³-hybridized carbons (Fsp3) is 0.600. The topological polar surface area (TPSA) is 34.1 Å². The third-order valence-corrected chi connectivity index (χ3v) is 6.22. The van der Waals surface area contributed by atoms with E-state index in [-0.39, 0.29) is 6.42 Å². The van der Waals surface area contributed by atoms with Crippen LogP contribution in [0.3, 0.4) is 0 Å². The summed E-state index contributed by atoms with van der Waals surface area (Å²) in [6, 6.07) is 3.36. The van der Waals surface area contributed by atoms with Crippen molar-refractivity contribution in [2.45, 2.75) is 57.4 Å². The van der Waals surface area contributed by atoms with Crippen LogP contribution in [0.25, 0.3) is 0 Å². The Morgan fingerprint density at radius 1 is 1.14 bits per heavy atom. The summed E-state index contributed by atoms with van der Waals surface area (Å²) in [7, 11) is -4.06. The number of benzene rings is 1. The van der Waals surface area contributed by atoms with Crippen molar-refractivity contribution in [3.8, 4) is 0 Å². The van der Waals surface area contributed by atoms with E-state index < -0.39 is 37.1 Å². The maximum atomic E-state index is 13.2. The average Bonchev–Trinajstić information content (AvgIpc) is 2.25. The standard InChI is InChI=1S/C15H21F3O2S/c1-6-13(14(3,4)5)21(19,20)12-8-7-10(2)9-11(12)15(16,17)18/h7-9,13H,6H2,1-5H3. The van der Waals surface area contributed by atoms with Crippen LogP contribution in [0, 0.1) is 12.3 Å². The van der Waals surface area contributed by atoms with Crippen molar-refractivity contribution >= 4 is 9.84 Å². The van der Waals surface area contributed by atoms with Crippen molar-refractivity contribution in [1.29, 1.82) is 0 Å². The molecule has 1 atom stereocenters. The van der Waals surface area contributed by atoms with Crippen LogP contribution in [0.4, 0.5) is 13.2 Å². The lowest BCUT2D eigenvalue weighted by Gasteiger charge is -2.30. The number of aryl methyl sites for hydroxylation is 1. The number of halogens is 3. The summed E-state index contributed by atoms with van der Waals surface area (Å²) in [6.45, 7) is 8.35. The third-order valence-electron chi connectivity index (χ3n) is 3.46. The Morgan fingerprint density at radius 3 is 2.05 bits per heavy atom. The lowest BCUT2D eigenvalue weighted by atomic mass is 9.90. The molecule has 1 aromatic rings. The molecular formula is C15H21F3O2S. The molecule has 0 N–H and O–H groups in total. The van der Waals surface area contributed by atoms with Crippen LogP contribution in [0.5, 0.6) is 0 Å². The van der Waals surface area contributed by atoms with Gasteiger partial charge in [-0.1, -0.05) is 39.3 Å². The van der Waals surface area contributed by atoms with Crippen molar-refractivity contribution in [1.82, 2.24) is 0 Å². The number of alkyl halides is 3. The van der Waals surface area contributed by atoms with Crippen molar-refractivity contribution in [3.63, 3.8) is 0 Å². The summed E-state index contributed by atoms with van der Waals surface area (Å²) in [6.07, 6.45) is -4.43. The summed E-state index contributed by atoms with van der Waals surface area (Å²) in [5.74, 6) is 0. The molecule has 0 bridgehead atoms. The van der Waals surface area contributed by atoms with E-state index in [1.165, 1.54) is 13.0 Å². The maximum Gasteiger partial charge on any atom is 0.417 e. The lowest BCUT2D eigenvalue weighted by Crippen LogP contribution is -2.35. The first-order valence-corrected chi connectivity index (χ1v) is 8.28. The van der Waals surface area contributed by atoms with E-state index in [1.54, 1.807) is 27.7 Å². The van der Waals surface area contributed by atoms with E-state index in [9.17, 15) is 21.6 Å².